The van der Waals surface area contributed by atoms with Gasteiger partial charge in [0.1, 0.15) is 0 Å². The van der Waals surface area contributed by atoms with Crippen LogP contribution in [-0.2, 0) is 0 Å². The maximum absolute atomic E-state index is 6.44. The molecule has 0 spiro atoms. The highest BCUT2D eigenvalue weighted by atomic mass is 35.5. The second-order valence-corrected chi connectivity index (χ2v) is 10.8. The van der Waals surface area contributed by atoms with Crippen LogP contribution in [-0.4, -0.2) is 5.88 Å². The standard InChI is InChI=1S/C30H61Cl/c1-4-7-10-13-16-17-20-22-25-29(24-21-18-14-11-8-5-2)27-30(28-31)26-23-19-15-12-9-6-3/h29-30H,4-28H2,1-3H3. The van der Waals surface area contributed by atoms with Crippen LogP contribution in [0.1, 0.15) is 175 Å². The molecule has 0 aliphatic heterocycles. The molecule has 0 aliphatic carbocycles. The minimum atomic E-state index is 0.770. The van der Waals surface area contributed by atoms with Gasteiger partial charge < -0.3 is 0 Å². The summed E-state index contributed by atoms with van der Waals surface area (Å²) in [6.45, 7) is 6.93. The van der Waals surface area contributed by atoms with Crippen molar-refractivity contribution in [2.45, 2.75) is 175 Å². The van der Waals surface area contributed by atoms with Gasteiger partial charge in [-0.25, -0.2) is 0 Å². The van der Waals surface area contributed by atoms with Crippen LogP contribution in [0.5, 0.6) is 0 Å². The summed E-state index contributed by atoms with van der Waals surface area (Å²) in [5.41, 5.74) is 0. The lowest BCUT2D eigenvalue weighted by Gasteiger charge is -2.23. The van der Waals surface area contributed by atoms with Gasteiger partial charge in [0.05, 0.1) is 0 Å². The van der Waals surface area contributed by atoms with E-state index in [1.165, 1.54) is 154 Å². The third kappa shape index (κ3) is 23.3. The number of unbranched alkanes of at least 4 members (excludes halogenated alkanes) is 17. The van der Waals surface area contributed by atoms with Gasteiger partial charge in [-0.15, -0.1) is 11.6 Å². The van der Waals surface area contributed by atoms with Crippen LogP contribution in [0.2, 0.25) is 0 Å². The van der Waals surface area contributed by atoms with Gasteiger partial charge in [0.2, 0.25) is 0 Å². The summed E-state index contributed by atoms with van der Waals surface area (Å²) in [5.74, 6) is 2.60. The van der Waals surface area contributed by atoms with E-state index >= 15 is 0 Å². The molecule has 1 heteroatoms. The highest BCUT2D eigenvalue weighted by molar-refractivity contribution is 6.18. The molecular weight excluding hydrogens is 396 g/mol. The zero-order valence-electron chi connectivity index (χ0n) is 22.2. The van der Waals surface area contributed by atoms with E-state index in [0.29, 0.717) is 0 Å². The lowest BCUT2D eigenvalue weighted by Crippen LogP contribution is -2.11. The second-order valence-electron chi connectivity index (χ2n) is 10.5. The molecule has 188 valence electrons. The Labute approximate surface area is 204 Å². The molecular formula is C30H61Cl. The largest absolute Gasteiger partial charge is 0.126 e. The monoisotopic (exact) mass is 456 g/mol. The van der Waals surface area contributed by atoms with Crippen molar-refractivity contribution in [1.82, 2.24) is 0 Å². The molecule has 31 heavy (non-hydrogen) atoms. The summed E-state index contributed by atoms with van der Waals surface area (Å²) in [6, 6.07) is 0. The molecule has 0 saturated carbocycles. The van der Waals surface area contributed by atoms with E-state index in [2.05, 4.69) is 20.8 Å². The molecule has 0 radical (unpaired) electrons. The molecule has 2 atom stereocenters. The summed E-state index contributed by atoms with van der Waals surface area (Å²) < 4.78 is 0. The van der Waals surface area contributed by atoms with Crippen LogP contribution >= 0.6 is 11.6 Å². The van der Waals surface area contributed by atoms with Crippen LogP contribution in [0, 0.1) is 11.8 Å². The van der Waals surface area contributed by atoms with Crippen molar-refractivity contribution in [3.63, 3.8) is 0 Å². The molecule has 0 fully saturated rings. The van der Waals surface area contributed by atoms with Gasteiger partial charge in [-0.05, 0) is 24.7 Å². The predicted molar refractivity (Wildman–Crippen MR) is 146 cm³/mol. The molecule has 0 amide bonds. The van der Waals surface area contributed by atoms with Gasteiger partial charge in [-0.3, -0.25) is 0 Å². The topological polar surface area (TPSA) is 0 Å². The number of halogens is 1. The number of hydrogen-bond donors (Lipinski definition) is 0. The number of hydrogen-bond acceptors (Lipinski definition) is 0. The van der Waals surface area contributed by atoms with Gasteiger partial charge in [0.15, 0.2) is 0 Å². The van der Waals surface area contributed by atoms with Crippen LogP contribution in [0.4, 0.5) is 0 Å². The summed E-state index contributed by atoms with van der Waals surface area (Å²) in [7, 11) is 0. The Morgan fingerprint density at radius 1 is 0.387 bits per heavy atom. The predicted octanol–water partition coefficient (Wildman–Crippen LogP) is 11.9. The Bertz CT molecular complexity index is 314. The molecule has 2 unspecified atom stereocenters. The van der Waals surface area contributed by atoms with Crippen LogP contribution in [0.15, 0.2) is 0 Å². The Morgan fingerprint density at radius 3 is 1.00 bits per heavy atom. The SMILES string of the molecule is CCCCCCCCCCC(CCCCCCCC)CC(CCl)CCCCCCCC. The Balaban J connectivity index is 4.14. The van der Waals surface area contributed by atoms with E-state index < -0.39 is 0 Å². The number of alkyl halides is 1. The fraction of sp³-hybridized carbons (Fsp3) is 1.00. The summed E-state index contributed by atoms with van der Waals surface area (Å²) >= 11 is 6.44. The summed E-state index contributed by atoms with van der Waals surface area (Å²) in [4.78, 5) is 0. The molecule has 0 bridgehead atoms. The molecule has 0 rings (SSSR count). The van der Waals surface area contributed by atoms with Crippen molar-refractivity contribution in [1.29, 1.82) is 0 Å². The fourth-order valence-corrected chi connectivity index (χ4v) is 5.38. The summed E-state index contributed by atoms with van der Waals surface area (Å²) in [6.07, 6.45) is 34.3. The summed E-state index contributed by atoms with van der Waals surface area (Å²) in [5, 5.41) is 0. The highest BCUT2D eigenvalue weighted by Crippen LogP contribution is 2.29. The fourth-order valence-electron chi connectivity index (χ4n) is 5.10. The average Bonchev–Trinajstić information content (AvgIpc) is 2.78. The van der Waals surface area contributed by atoms with Gasteiger partial charge >= 0.3 is 0 Å². The minimum Gasteiger partial charge on any atom is -0.126 e. The lowest BCUT2D eigenvalue weighted by molar-refractivity contribution is 0.315. The van der Waals surface area contributed by atoms with E-state index in [-0.39, 0.29) is 0 Å². The molecule has 0 N–H and O–H groups in total. The van der Waals surface area contributed by atoms with Crippen molar-refractivity contribution >= 4 is 11.6 Å². The zero-order chi connectivity index (χ0) is 22.8. The van der Waals surface area contributed by atoms with Gasteiger partial charge in [0.25, 0.3) is 0 Å². The lowest BCUT2D eigenvalue weighted by atomic mass is 9.85. The first-order chi connectivity index (χ1) is 15.3. The normalized spacial score (nSPS) is 13.5. The number of rotatable bonds is 26. The maximum atomic E-state index is 6.44. The Kier molecular flexibility index (Phi) is 26.8. The average molecular weight is 457 g/mol. The Hall–Kier alpha value is 0.290. The van der Waals surface area contributed by atoms with Crippen molar-refractivity contribution in [2.24, 2.45) is 11.8 Å². The van der Waals surface area contributed by atoms with Crippen molar-refractivity contribution in [2.75, 3.05) is 5.88 Å². The minimum absolute atomic E-state index is 0.770. The first kappa shape index (κ1) is 31.3. The van der Waals surface area contributed by atoms with Gasteiger partial charge in [-0.1, -0.05) is 162 Å². The van der Waals surface area contributed by atoms with E-state index in [1.54, 1.807) is 0 Å². The molecule has 0 aromatic rings. The molecule has 0 aromatic heterocycles. The molecule has 0 saturated heterocycles. The molecule has 0 aliphatic rings. The van der Waals surface area contributed by atoms with E-state index in [1.807, 2.05) is 0 Å². The smallest absolute Gasteiger partial charge is 0.0251 e. The third-order valence-electron chi connectivity index (χ3n) is 7.28. The quantitative estimate of drug-likeness (QED) is 0.0895. The zero-order valence-corrected chi connectivity index (χ0v) is 23.0. The second kappa shape index (κ2) is 26.5. The van der Waals surface area contributed by atoms with E-state index in [9.17, 15) is 0 Å². The first-order valence-corrected chi connectivity index (χ1v) is 15.4. The van der Waals surface area contributed by atoms with Gasteiger partial charge in [0, 0.05) is 5.88 Å². The maximum Gasteiger partial charge on any atom is 0.0251 e. The van der Waals surface area contributed by atoms with Crippen LogP contribution in [0.25, 0.3) is 0 Å². The Morgan fingerprint density at radius 2 is 0.677 bits per heavy atom. The highest BCUT2D eigenvalue weighted by Gasteiger charge is 2.16. The van der Waals surface area contributed by atoms with Crippen molar-refractivity contribution in [3.8, 4) is 0 Å². The van der Waals surface area contributed by atoms with Crippen molar-refractivity contribution in [3.05, 3.63) is 0 Å². The van der Waals surface area contributed by atoms with Gasteiger partial charge in [-0.2, -0.15) is 0 Å². The van der Waals surface area contributed by atoms with E-state index in [4.69, 9.17) is 11.6 Å². The van der Waals surface area contributed by atoms with Crippen LogP contribution in [0.3, 0.4) is 0 Å². The van der Waals surface area contributed by atoms with Crippen molar-refractivity contribution < 1.29 is 0 Å². The van der Waals surface area contributed by atoms with E-state index in [0.717, 1.165) is 17.7 Å². The molecule has 0 aromatic carbocycles. The molecule has 0 heterocycles. The van der Waals surface area contributed by atoms with Crippen LogP contribution < -0.4 is 0 Å². The first-order valence-electron chi connectivity index (χ1n) is 14.8. The third-order valence-corrected chi connectivity index (χ3v) is 7.72. The molecule has 0 nitrogen and oxygen atoms in total.